The van der Waals surface area contributed by atoms with E-state index < -0.39 is 17.3 Å². The van der Waals surface area contributed by atoms with Gasteiger partial charge < -0.3 is 0 Å². The Hall–Kier alpha value is -2.97. The molecule has 0 aliphatic carbocycles. The Morgan fingerprint density at radius 2 is 1.90 bits per heavy atom. The summed E-state index contributed by atoms with van der Waals surface area (Å²) in [5.74, 6) is -1.89. The predicted molar refractivity (Wildman–Crippen MR) is 68.8 cm³/mol. The van der Waals surface area contributed by atoms with Crippen molar-refractivity contribution in [2.24, 2.45) is 0 Å². The van der Waals surface area contributed by atoms with Gasteiger partial charge in [-0.1, -0.05) is 11.0 Å². The zero-order valence-electron chi connectivity index (χ0n) is 10.8. The predicted octanol–water partition coefficient (Wildman–Crippen LogP) is 2.15. The van der Waals surface area contributed by atoms with Gasteiger partial charge in [0.25, 0.3) is 0 Å². The molecule has 0 atom stereocenters. The summed E-state index contributed by atoms with van der Waals surface area (Å²) < 4.78 is 28.2. The molecule has 1 aromatic carbocycles. The Balaban J connectivity index is 1.94. The molecule has 9 heteroatoms. The van der Waals surface area contributed by atoms with Gasteiger partial charge in [-0.2, -0.15) is 4.98 Å². The van der Waals surface area contributed by atoms with E-state index in [1.165, 1.54) is 10.6 Å². The number of para-hydroxylation sites is 1. The molecule has 0 bridgehead atoms. The van der Waals surface area contributed by atoms with Gasteiger partial charge in [-0.05, 0) is 30.1 Å². The molecule has 7 nitrogen and oxygen atoms in total. The van der Waals surface area contributed by atoms with Crippen molar-refractivity contribution in [3.05, 3.63) is 52.7 Å². The maximum atomic E-state index is 13.5. The minimum absolute atomic E-state index is 0.0749. The summed E-state index contributed by atoms with van der Waals surface area (Å²) in [7, 11) is 0. The third-order valence-electron chi connectivity index (χ3n) is 2.69. The van der Waals surface area contributed by atoms with Gasteiger partial charge in [-0.3, -0.25) is 0 Å². The molecule has 0 saturated carbocycles. The first kappa shape index (κ1) is 13.0. The molecule has 3 rings (SSSR count). The van der Waals surface area contributed by atoms with Crippen LogP contribution in [0.5, 0.6) is 0 Å². The molecule has 0 fully saturated rings. The molecule has 0 amide bonds. The standard InChI is InChI=1S/C12H9F2N6O/c1-7-5-6-19-11(15-7)16-12(18-19)20(21)17-10-8(13)3-2-4-9(10)14/h2-6H,1H3,(H,17,21)/q+1. The quantitative estimate of drug-likeness (QED) is 0.591. The third-order valence-corrected chi connectivity index (χ3v) is 2.69. The molecule has 1 N–H and O–H groups in total. The summed E-state index contributed by atoms with van der Waals surface area (Å²) in [6.45, 7) is 1.76. The molecule has 21 heavy (non-hydrogen) atoms. The summed E-state index contributed by atoms with van der Waals surface area (Å²) in [6.07, 6.45) is 1.58. The summed E-state index contributed by atoms with van der Waals surface area (Å²) >= 11 is 0. The van der Waals surface area contributed by atoms with Crippen molar-refractivity contribution in [2.75, 3.05) is 5.43 Å². The van der Waals surface area contributed by atoms with Crippen molar-refractivity contribution in [2.45, 2.75) is 6.92 Å². The number of fused-ring (bicyclic) bond motifs is 1. The number of nitroso groups, excluding NO2 is 1. The van der Waals surface area contributed by atoms with Crippen molar-refractivity contribution in [1.82, 2.24) is 19.6 Å². The van der Waals surface area contributed by atoms with Crippen LogP contribution in [0.3, 0.4) is 0 Å². The maximum Gasteiger partial charge on any atom is 0.517 e. The topological polar surface area (TPSA) is 75.2 Å². The van der Waals surface area contributed by atoms with Crippen LogP contribution >= 0.6 is 0 Å². The fraction of sp³-hybridized carbons (Fsp3) is 0.0833. The van der Waals surface area contributed by atoms with Crippen molar-refractivity contribution >= 4 is 17.4 Å². The largest absolute Gasteiger partial charge is 0.517 e. The van der Waals surface area contributed by atoms with Crippen LogP contribution in [0.1, 0.15) is 5.69 Å². The van der Waals surface area contributed by atoms with E-state index in [-0.39, 0.29) is 16.6 Å². The molecule has 0 radical (unpaired) electrons. The fourth-order valence-electron chi connectivity index (χ4n) is 1.70. The molecule has 0 unspecified atom stereocenters. The summed E-state index contributed by atoms with van der Waals surface area (Å²) in [6, 6.07) is 4.94. The lowest BCUT2D eigenvalue weighted by Crippen LogP contribution is -2.14. The molecule has 3 aromatic rings. The number of aryl methyl sites for hydroxylation is 1. The van der Waals surface area contributed by atoms with Crippen LogP contribution in [0.2, 0.25) is 0 Å². The minimum Gasteiger partial charge on any atom is -0.204 e. The maximum absolute atomic E-state index is 13.5. The van der Waals surface area contributed by atoms with Crippen LogP contribution in [-0.2, 0) is 0 Å². The first-order chi connectivity index (χ1) is 10.0. The second kappa shape index (κ2) is 4.85. The Bertz CT molecular complexity index is 827. The molecule has 0 aliphatic rings. The number of hydrogen-bond donors (Lipinski definition) is 1. The molecule has 2 aromatic heterocycles. The SMILES string of the molecule is Cc1ccn2nc([N+](=O)Nc3c(F)cccc3F)nc2n1. The highest BCUT2D eigenvalue weighted by Gasteiger charge is 2.24. The number of aromatic nitrogens is 4. The Kier molecular flexibility index (Phi) is 3.01. The first-order valence-corrected chi connectivity index (χ1v) is 5.92. The van der Waals surface area contributed by atoms with Crippen molar-refractivity contribution in [3.8, 4) is 0 Å². The van der Waals surface area contributed by atoms with E-state index in [1.54, 1.807) is 19.2 Å². The normalized spacial score (nSPS) is 10.8. The van der Waals surface area contributed by atoms with Gasteiger partial charge in [0.05, 0.1) is 11.1 Å². The fourth-order valence-corrected chi connectivity index (χ4v) is 1.70. The van der Waals surface area contributed by atoms with E-state index in [1.807, 2.05) is 5.43 Å². The highest BCUT2D eigenvalue weighted by Crippen LogP contribution is 2.19. The van der Waals surface area contributed by atoms with Gasteiger partial charge in [0.2, 0.25) is 0 Å². The van der Waals surface area contributed by atoms with E-state index in [2.05, 4.69) is 15.1 Å². The second-order valence-electron chi connectivity index (χ2n) is 4.23. The highest BCUT2D eigenvalue weighted by molar-refractivity contribution is 5.44. The van der Waals surface area contributed by atoms with E-state index in [0.717, 1.165) is 12.1 Å². The molecule has 106 valence electrons. The molecular formula is C12H9F2N6O+. The van der Waals surface area contributed by atoms with Crippen LogP contribution < -0.4 is 5.43 Å². The third kappa shape index (κ3) is 2.40. The van der Waals surface area contributed by atoms with Gasteiger partial charge >= 0.3 is 11.7 Å². The number of rotatable bonds is 3. The Labute approximate surface area is 116 Å². The number of hydrazine groups is 1. The molecule has 0 aliphatic heterocycles. The van der Waals surface area contributed by atoms with Crippen molar-refractivity contribution in [3.63, 3.8) is 0 Å². The summed E-state index contributed by atoms with van der Waals surface area (Å²) in [4.78, 5) is 19.9. The number of nitrogens with one attached hydrogen (secondary N) is 1. The van der Waals surface area contributed by atoms with E-state index in [0.29, 0.717) is 5.69 Å². The summed E-state index contributed by atoms with van der Waals surface area (Å²) in [5, 5.41) is 3.86. The van der Waals surface area contributed by atoms with E-state index in [9.17, 15) is 13.7 Å². The number of halogens is 2. The molecular weight excluding hydrogens is 282 g/mol. The molecule has 0 saturated heterocycles. The van der Waals surface area contributed by atoms with E-state index in [4.69, 9.17) is 0 Å². The first-order valence-electron chi connectivity index (χ1n) is 5.92. The van der Waals surface area contributed by atoms with Crippen molar-refractivity contribution in [1.29, 1.82) is 0 Å². The lowest BCUT2D eigenvalue weighted by atomic mass is 10.3. The van der Waals surface area contributed by atoms with Gasteiger partial charge in [0.1, 0.15) is 5.69 Å². The summed E-state index contributed by atoms with van der Waals surface area (Å²) in [5.41, 5.74) is 2.16. The van der Waals surface area contributed by atoms with Gasteiger partial charge in [0, 0.05) is 10.8 Å². The monoisotopic (exact) mass is 291 g/mol. The van der Waals surface area contributed by atoms with Gasteiger partial charge in [0.15, 0.2) is 11.6 Å². The lowest BCUT2D eigenvalue weighted by molar-refractivity contribution is -0.436. The average molecular weight is 291 g/mol. The number of nitrogens with zero attached hydrogens (tertiary/aromatic N) is 5. The van der Waals surface area contributed by atoms with Crippen LogP contribution in [0, 0.1) is 23.5 Å². The van der Waals surface area contributed by atoms with Crippen LogP contribution in [0.25, 0.3) is 5.78 Å². The van der Waals surface area contributed by atoms with Crippen LogP contribution in [0.15, 0.2) is 30.5 Å². The second-order valence-corrected chi connectivity index (χ2v) is 4.23. The van der Waals surface area contributed by atoms with Crippen molar-refractivity contribution < 1.29 is 13.6 Å². The van der Waals surface area contributed by atoms with Crippen LogP contribution in [-0.4, -0.2) is 24.5 Å². The van der Waals surface area contributed by atoms with E-state index >= 15 is 0 Å². The average Bonchev–Trinajstić information content (AvgIpc) is 2.86. The lowest BCUT2D eigenvalue weighted by Gasteiger charge is -2.02. The van der Waals surface area contributed by atoms with Crippen LogP contribution in [0.4, 0.5) is 20.4 Å². The zero-order valence-corrected chi connectivity index (χ0v) is 10.8. The Morgan fingerprint density at radius 1 is 1.19 bits per heavy atom. The molecule has 2 heterocycles. The van der Waals surface area contributed by atoms with Gasteiger partial charge in [-0.25, -0.2) is 14.2 Å². The minimum atomic E-state index is -0.895. The number of hydrogen-bond acceptors (Lipinski definition) is 4. The van der Waals surface area contributed by atoms with Gasteiger partial charge in [-0.15, -0.1) is 4.52 Å². The number of benzene rings is 1. The molecule has 0 spiro atoms. The Morgan fingerprint density at radius 3 is 2.62 bits per heavy atom. The number of anilines is 1. The highest BCUT2D eigenvalue weighted by atomic mass is 19.1. The smallest absolute Gasteiger partial charge is 0.204 e. The zero-order chi connectivity index (χ0) is 15.0.